The fourth-order valence-electron chi connectivity index (χ4n) is 2.50. The lowest BCUT2D eigenvalue weighted by molar-refractivity contribution is -0.142. The molecule has 1 aliphatic rings. The molecule has 0 spiro atoms. The van der Waals surface area contributed by atoms with E-state index in [2.05, 4.69) is 4.98 Å². The van der Waals surface area contributed by atoms with Crippen molar-refractivity contribution in [2.45, 2.75) is 19.4 Å². The summed E-state index contributed by atoms with van der Waals surface area (Å²) in [6.07, 6.45) is 2.82. The average molecular weight is 297 g/mol. The Kier molecular flexibility index (Phi) is 4.09. The molecule has 0 saturated heterocycles. The lowest BCUT2D eigenvalue weighted by atomic mass is 9.96. The molecule has 1 aromatic heterocycles. The van der Waals surface area contributed by atoms with Crippen LogP contribution < -0.4 is 0 Å². The molecule has 1 N–H and O–H groups in total. The number of carbonyl (C=O) groups is 1. The monoisotopic (exact) mass is 296 g/mol. The van der Waals surface area contributed by atoms with E-state index in [1.165, 1.54) is 12.1 Å². The molecular formula is C14H14ClFN2O2. The van der Waals surface area contributed by atoms with Gasteiger partial charge in [0.1, 0.15) is 11.6 Å². The number of nitrogens with zero attached hydrogens (tertiary/aromatic N) is 2. The number of halogens is 2. The molecule has 0 fully saturated rings. The van der Waals surface area contributed by atoms with E-state index in [1.54, 1.807) is 18.3 Å². The van der Waals surface area contributed by atoms with Crippen LogP contribution in [-0.4, -0.2) is 20.6 Å². The molecule has 1 aromatic carbocycles. The third-order valence-corrected chi connectivity index (χ3v) is 3.55. The fourth-order valence-corrected chi connectivity index (χ4v) is 2.50. The quantitative estimate of drug-likeness (QED) is 0.927. The van der Waals surface area contributed by atoms with Crippen LogP contribution in [-0.2, 0) is 17.8 Å². The summed E-state index contributed by atoms with van der Waals surface area (Å²) in [6.45, 7) is 0.638. The van der Waals surface area contributed by atoms with E-state index in [1.807, 2.05) is 4.57 Å². The summed E-state index contributed by atoms with van der Waals surface area (Å²) < 4.78 is 14.9. The number of benzene rings is 1. The number of carboxylic acids is 1. The zero-order valence-corrected chi connectivity index (χ0v) is 11.4. The zero-order valence-electron chi connectivity index (χ0n) is 10.6. The number of rotatable bonds is 2. The fraction of sp³-hybridized carbons (Fsp3) is 0.286. The minimum absolute atomic E-state index is 0. The first-order valence-corrected chi connectivity index (χ1v) is 6.18. The van der Waals surface area contributed by atoms with Crippen molar-refractivity contribution in [3.05, 3.63) is 42.0 Å². The first kappa shape index (κ1) is 14.5. The van der Waals surface area contributed by atoms with Gasteiger partial charge in [0, 0.05) is 30.4 Å². The number of hydrogen-bond donors (Lipinski definition) is 1. The van der Waals surface area contributed by atoms with E-state index in [0.717, 1.165) is 17.1 Å². The summed E-state index contributed by atoms with van der Waals surface area (Å²) in [5.41, 5.74) is 1.78. The Labute approximate surface area is 121 Å². The molecule has 0 amide bonds. The van der Waals surface area contributed by atoms with Crippen molar-refractivity contribution in [2.24, 2.45) is 5.92 Å². The predicted molar refractivity (Wildman–Crippen MR) is 74.3 cm³/mol. The summed E-state index contributed by atoms with van der Waals surface area (Å²) >= 11 is 0. The van der Waals surface area contributed by atoms with E-state index in [9.17, 15) is 9.18 Å². The largest absolute Gasteiger partial charge is 0.481 e. The molecule has 20 heavy (non-hydrogen) atoms. The van der Waals surface area contributed by atoms with Gasteiger partial charge in [-0.05, 0) is 30.7 Å². The van der Waals surface area contributed by atoms with E-state index >= 15 is 0 Å². The normalized spacial score (nSPS) is 17.1. The Hall–Kier alpha value is -1.88. The van der Waals surface area contributed by atoms with Crippen LogP contribution in [0.1, 0.15) is 12.1 Å². The summed E-state index contributed by atoms with van der Waals surface area (Å²) in [4.78, 5) is 15.3. The molecular weight excluding hydrogens is 283 g/mol. The van der Waals surface area contributed by atoms with Crippen LogP contribution in [0.5, 0.6) is 0 Å². The van der Waals surface area contributed by atoms with E-state index in [-0.39, 0.29) is 24.1 Å². The van der Waals surface area contributed by atoms with E-state index < -0.39 is 5.97 Å². The van der Waals surface area contributed by atoms with Crippen molar-refractivity contribution in [1.82, 2.24) is 9.55 Å². The van der Waals surface area contributed by atoms with Crippen molar-refractivity contribution < 1.29 is 14.3 Å². The van der Waals surface area contributed by atoms with E-state index in [4.69, 9.17) is 5.11 Å². The van der Waals surface area contributed by atoms with Gasteiger partial charge in [0.15, 0.2) is 0 Å². The standard InChI is InChI=1S/C14H13FN2O2.ClH/c15-11-3-1-9(2-4-11)13-16-8-12-7-10(14(18)19)5-6-17(12)13;/h1-4,8,10H,5-7H2,(H,18,19);1H. The van der Waals surface area contributed by atoms with Crippen molar-refractivity contribution >= 4 is 18.4 Å². The Morgan fingerprint density at radius 2 is 2.05 bits per heavy atom. The summed E-state index contributed by atoms with van der Waals surface area (Å²) in [5, 5.41) is 9.05. The molecule has 4 nitrogen and oxygen atoms in total. The summed E-state index contributed by atoms with van der Waals surface area (Å²) in [7, 11) is 0. The number of fused-ring (bicyclic) bond motifs is 1. The van der Waals surface area contributed by atoms with Crippen LogP contribution in [0, 0.1) is 11.7 Å². The predicted octanol–water partition coefficient (Wildman–Crippen LogP) is 2.76. The highest BCUT2D eigenvalue weighted by atomic mass is 35.5. The van der Waals surface area contributed by atoms with Gasteiger partial charge in [-0.2, -0.15) is 0 Å². The molecule has 3 rings (SSSR count). The highest BCUT2D eigenvalue weighted by molar-refractivity contribution is 5.85. The molecule has 6 heteroatoms. The maximum atomic E-state index is 12.9. The van der Waals surface area contributed by atoms with Crippen LogP contribution in [0.25, 0.3) is 11.4 Å². The van der Waals surface area contributed by atoms with Gasteiger partial charge in [-0.1, -0.05) is 0 Å². The van der Waals surface area contributed by atoms with Gasteiger partial charge < -0.3 is 9.67 Å². The molecule has 1 atom stereocenters. The lowest BCUT2D eigenvalue weighted by Gasteiger charge is -2.22. The second-order valence-electron chi connectivity index (χ2n) is 4.76. The van der Waals surface area contributed by atoms with Crippen LogP contribution >= 0.6 is 12.4 Å². The SMILES string of the molecule is Cl.O=C(O)C1CCn2c(cnc2-c2ccc(F)cc2)C1. The Morgan fingerprint density at radius 1 is 1.35 bits per heavy atom. The third kappa shape index (κ3) is 2.54. The summed E-state index contributed by atoms with van der Waals surface area (Å²) in [5.74, 6) is -0.583. The number of carboxylic acid groups (broad SMARTS) is 1. The number of aromatic nitrogens is 2. The second kappa shape index (κ2) is 5.63. The maximum Gasteiger partial charge on any atom is 0.306 e. The van der Waals surface area contributed by atoms with Crippen molar-refractivity contribution in [3.8, 4) is 11.4 Å². The molecule has 0 radical (unpaired) electrons. The topological polar surface area (TPSA) is 55.1 Å². The molecule has 1 aliphatic heterocycles. The Bertz CT molecular complexity index is 625. The smallest absolute Gasteiger partial charge is 0.306 e. The zero-order chi connectivity index (χ0) is 13.4. The lowest BCUT2D eigenvalue weighted by Crippen LogP contribution is -2.25. The first-order valence-electron chi connectivity index (χ1n) is 6.18. The van der Waals surface area contributed by atoms with Crippen LogP contribution in [0.3, 0.4) is 0 Å². The molecule has 1 unspecified atom stereocenters. The van der Waals surface area contributed by atoms with Gasteiger partial charge in [-0.3, -0.25) is 4.79 Å². The Balaban J connectivity index is 0.00000147. The average Bonchev–Trinajstić information content (AvgIpc) is 2.82. The molecule has 2 aromatic rings. The number of aliphatic carboxylic acids is 1. The highest BCUT2D eigenvalue weighted by Crippen LogP contribution is 2.27. The third-order valence-electron chi connectivity index (χ3n) is 3.55. The first-order chi connectivity index (χ1) is 9.15. The van der Waals surface area contributed by atoms with Gasteiger partial charge in [0.2, 0.25) is 0 Å². The molecule has 0 aliphatic carbocycles. The Morgan fingerprint density at radius 3 is 2.70 bits per heavy atom. The molecule has 0 saturated carbocycles. The van der Waals surface area contributed by atoms with Gasteiger partial charge in [0.05, 0.1) is 5.92 Å². The minimum atomic E-state index is -0.754. The second-order valence-corrected chi connectivity index (χ2v) is 4.76. The van der Waals surface area contributed by atoms with Crippen LogP contribution in [0.4, 0.5) is 4.39 Å². The van der Waals surface area contributed by atoms with Crippen LogP contribution in [0.15, 0.2) is 30.5 Å². The molecule has 106 valence electrons. The van der Waals surface area contributed by atoms with Crippen LogP contribution in [0.2, 0.25) is 0 Å². The van der Waals surface area contributed by atoms with Gasteiger partial charge in [0.25, 0.3) is 0 Å². The van der Waals surface area contributed by atoms with E-state index in [0.29, 0.717) is 19.4 Å². The summed E-state index contributed by atoms with van der Waals surface area (Å²) in [6, 6.07) is 6.18. The van der Waals surface area contributed by atoms with Gasteiger partial charge in [-0.25, -0.2) is 9.37 Å². The highest BCUT2D eigenvalue weighted by Gasteiger charge is 2.26. The van der Waals surface area contributed by atoms with Crippen molar-refractivity contribution in [2.75, 3.05) is 0 Å². The van der Waals surface area contributed by atoms with Crippen molar-refractivity contribution in [3.63, 3.8) is 0 Å². The maximum absolute atomic E-state index is 12.9. The molecule has 2 heterocycles. The van der Waals surface area contributed by atoms with Gasteiger partial charge >= 0.3 is 5.97 Å². The number of imidazole rings is 1. The minimum Gasteiger partial charge on any atom is -0.481 e. The van der Waals surface area contributed by atoms with Crippen molar-refractivity contribution in [1.29, 1.82) is 0 Å². The number of hydrogen-bond acceptors (Lipinski definition) is 2. The molecule has 0 bridgehead atoms. The van der Waals surface area contributed by atoms with Gasteiger partial charge in [-0.15, -0.1) is 12.4 Å².